The van der Waals surface area contributed by atoms with E-state index < -0.39 is 0 Å². The molecule has 1 aliphatic heterocycles. The number of carbonyl (C=O) groups excluding carboxylic acids is 1. The highest BCUT2D eigenvalue weighted by atomic mass is 16.2. The molecule has 0 N–H and O–H groups in total. The Kier molecular flexibility index (Phi) is 6.10. The Morgan fingerprint density at radius 3 is 2.31 bits per heavy atom. The first-order valence-corrected chi connectivity index (χ1v) is 9.78. The van der Waals surface area contributed by atoms with E-state index >= 15 is 0 Å². The van der Waals surface area contributed by atoms with Gasteiger partial charge in [0, 0.05) is 37.3 Å². The number of anilines is 1. The second kappa shape index (κ2) is 8.50. The van der Waals surface area contributed by atoms with Gasteiger partial charge in [-0.2, -0.15) is 0 Å². The Hall–Kier alpha value is -2.13. The number of piperidine rings is 1. The van der Waals surface area contributed by atoms with Gasteiger partial charge in [-0.3, -0.25) is 9.69 Å². The van der Waals surface area contributed by atoms with Gasteiger partial charge in [0.05, 0.1) is 0 Å². The summed E-state index contributed by atoms with van der Waals surface area (Å²) in [5, 5.41) is 0. The normalized spacial score (nSPS) is 22.0. The molecular formula is C23H30N2O. The fourth-order valence-corrected chi connectivity index (χ4v) is 4.12. The topological polar surface area (TPSA) is 23.6 Å². The van der Waals surface area contributed by atoms with Gasteiger partial charge >= 0.3 is 0 Å². The van der Waals surface area contributed by atoms with Gasteiger partial charge in [-0.25, -0.2) is 0 Å². The maximum absolute atomic E-state index is 12.7. The number of likely N-dealkylation sites (tertiary alicyclic amines) is 1. The third-order valence-corrected chi connectivity index (χ3v) is 5.66. The van der Waals surface area contributed by atoms with E-state index in [1.165, 1.54) is 5.56 Å². The van der Waals surface area contributed by atoms with Crippen molar-refractivity contribution in [2.75, 3.05) is 18.0 Å². The van der Waals surface area contributed by atoms with Gasteiger partial charge < -0.3 is 4.90 Å². The highest BCUT2D eigenvalue weighted by molar-refractivity contribution is 5.93. The number of nitrogens with zero attached hydrogens (tertiary/aromatic N) is 2. The summed E-state index contributed by atoms with van der Waals surface area (Å²) in [4.78, 5) is 17.3. The van der Waals surface area contributed by atoms with Crippen LogP contribution < -0.4 is 4.90 Å². The zero-order valence-corrected chi connectivity index (χ0v) is 16.1. The summed E-state index contributed by atoms with van der Waals surface area (Å²) < 4.78 is 0. The van der Waals surface area contributed by atoms with Crippen LogP contribution in [0.2, 0.25) is 0 Å². The zero-order valence-electron chi connectivity index (χ0n) is 16.1. The van der Waals surface area contributed by atoms with Gasteiger partial charge in [0.15, 0.2) is 0 Å². The average molecular weight is 351 g/mol. The molecule has 3 atom stereocenters. The average Bonchev–Trinajstić information content (AvgIpc) is 2.70. The number of amides is 1. The van der Waals surface area contributed by atoms with E-state index in [0.29, 0.717) is 18.4 Å². The van der Waals surface area contributed by atoms with Crippen molar-refractivity contribution in [3.05, 3.63) is 66.2 Å². The molecule has 0 spiro atoms. The smallest absolute Gasteiger partial charge is 0.226 e. The number of carbonyl (C=O) groups is 1. The second-order valence-corrected chi connectivity index (χ2v) is 7.37. The summed E-state index contributed by atoms with van der Waals surface area (Å²) in [5.74, 6) is 0.656. The number of hydrogen-bond donors (Lipinski definition) is 0. The molecule has 1 heterocycles. The number of para-hydroxylation sites is 1. The van der Waals surface area contributed by atoms with Crippen LogP contribution in [0.25, 0.3) is 0 Å². The summed E-state index contributed by atoms with van der Waals surface area (Å²) in [5.41, 5.74) is 2.39. The SMILES string of the molecule is CCC(=O)N(c1ccccc1)C1CCN(C(C)c2ccccc2)CC1C. The first kappa shape index (κ1) is 18.7. The molecule has 26 heavy (non-hydrogen) atoms. The predicted molar refractivity (Wildman–Crippen MR) is 108 cm³/mol. The minimum absolute atomic E-state index is 0.220. The molecule has 138 valence electrons. The molecule has 0 aliphatic carbocycles. The largest absolute Gasteiger partial charge is 0.309 e. The Labute approximate surface area is 157 Å². The molecule has 0 bridgehead atoms. The standard InChI is InChI=1S/C23H30N2O/c1-4-23(26)25(21-13-9-6-10-14-21)22-15-16-24(17-18(22)2)19(3)20-11-7-5-8-12-20/h5-14,18-19,22H,4,15-17H2,1-3H3. The first-order valence-electron chi connectivity index (χ1n) is 9.78. The fraction of sp³-hybridized carbons (Fsp3) is 0.435. The Bertz CT molecular complexity index is 701. The molecule has 1 aliphatic rings. The third kappa shape index (κ3) is 3.99. The molecule has 0 aromatic heterocycles. The molecule has 3 rings (SSSR count). The summed E-state index contributed by atoms with van der Waals surface area (Å²) in [6.45, 7) is 8.56. The molecule has 1 saturated heterocycles. The lowest BCUT2D eigenvalue weighted by Gasteiger charge is -2.44. The first-order chi connectivity index (χ1) is 12.6. The molecular weight excluding hydrogens is 320 g/mol. The Balaban J connectivity index is 1.75. The molecule has 0 radical (unpaired) electrons. The fourth-order valence-electron chi connectivity index (χ4n) is 4.12. The van der Waals surface area contributed by atoms with Crippen molar-refractivity contribution >= 4 is 11.6 Å². The zero-order chi connectivity index (χ0) is 18.5. The van der Waals surface area contributed by atoms with Crippen LogP contribution in [0.15, 0.2) is 60.7 Å². The van der Waals surface area contributed by atoms with E-state index in [-0.39, 0.29) is 11.9 Å². The van der Waals surface area contributed by atoms with E-state index in [0.717, 1.165) is 25.2 Å². The maximum Gasteiger partial charge on any atom is 0.226 e. The van der Waals surface area contributed by atoms with E-state index in [9.17, 15) is 4.79 Å². The van der Waals surface area contributed by atoms with Gasteiger partial charge in [0.25, 0.3) is 0 Å². The summed E-state index contributed by atoms with van der Waals surface area (Å²) in [7, 11) is 0. The van der Waals surface area contributed by atoms with Crippen molar-refractivity contribution in [3.63, 3.8) is 0 Å². The van der Waals surface area contributed by atoms with Crippen molar-refractivity contribution in [1.82, 2.24) is 4.90 Å². The third-order valence-electron chi connectivity index (χ3n) is 5.66. The van der Waals surface area contributed by atoms with Crippen molar-refractivity contribution in [2.45, 2.75) is 45.7 Å². The van der Waals surface area contributed by atoms with Crippen LogP contribution in [-0.2, 0) is 4.79 Å². The second-order valence-electron chi connectivity index (χ2n) is 7.37. The van der Waals surface area contributed by atoms with Crippen LogP contribution in [0.1, 0.15) is 45.2 Å². The van der Waals surface area contributed by atoms with Crippen molar-refractivity contribution in [3.8, 4) is 0 Å². The predicted octanol–water partition coefficient (Wildman–Crippen LogP) is 4.90. The summed E-state index contributed by atoms with van der Waals surface area (Å²) >= 11 is 0. The monoisotopic (exact) mass is 350 g/mol. The molecule has 3 heteroatoms. The van der Waals surface area contributed by atoms with Crippen LogP contribution in [0.5, 0.6) is 0 Å². The van der Waals surface area contributed by atoms with E-state index in [4.69, 9.17) is 0 Å². The van der Waals surface area contributed by atoms with Crippen LogP contribution in [0.4, 0.5) is 5.69 Å². The van der Waals surface area contributed by atoms with Gasteiger partial charge in [0.1, 0.15) is 0 Å². The quantitative estimate of drug-likeness (QED) is 0.765. The molecule has 1 fully saturated rings. The van der Waals surface area contributed by atoms with Crippen LogP contribution in [0, 0.1) is 5.92 Å². The molecule has 2 aromatic rings. The van der Waals surface area contributed by atoms with E-state index in [1.54, 1.807) is 0 Å². The summed E-state index contributed by atoms with van der Waals surface area (Å²) in [6, 6.07) is 21.5. The number of rotatable bonds is 5. The Morgan fingerprint density at radius 1 is 1.12 bits per heavy atom. The number of benzene rings is 2. The van der Waals surface area contributed by atoms with Gasteiger partial charge in [0.2, 0.25) is 5.91 Å². The van der Waals surface area contributed by atoms with Gasteiger partial charge in [-0.05, 0) is 37.0 Å². The van der Waals surface area contributed by atoms with Crippen molar-refractivity contribution < 1.29 is 4.79 Å². The minimum atomic E-state index is 0.220. The molecule has 2 aromatic carbocycles. The molecule has 0 saturated carbocycles. The Morgan fingerprint density at radius 2 is 1.73 bits per heavy atom. The van der Waals surface area contributed by atoms with E-state index in [1.807, 2.05) is 25.1 Å². The summed E-state index contributed by atoms with van der Waals surface area (Å²) in [6.07, 6.45) is 1.56. The maximum atomic E-state index is 12.7. The van der Waals surface area contributed by atoms with Gasteiger partial charge in [-0.1, -0.05) is 62.4 Å². The van der Waals surface area contributed by atoms with E-state index in [2.05, 4.69) is 66.1 Å². The van der Waals surface area contributed by atoms with Crippen LogP contribution >= 0.6 is 0 Å². The van der Waals surface area contributed by atoms with Crippen LogP contribution in [0.3, 0.4) is 0 Å². The minimum Gasteiger partial charge on any atom is -0.309 e. The lowest BCUT2D eigenvalue weighted by molar-refractivity contribution is -0.119. The molecule has 3 unspecified atom stereocenters. The van der Waals surface area contributed by atoms with Crippen molar-refractivity contribution in [1.29, 1.82) is 0 Å². The lowest BCUT2D eigenvalue weighted by atomic mass is 9.90. The molecule has 3 nitrogen and oxygen atoms in total. The molecule has 1 amide bonds. The lowest BCUT2D eigenvalue weighted by Crippen LogP contribution is -2.52. The highest BCUT2D eigenvalue weighted by Crippen LogP contribution is 2.31. The van der Waals surface area contributed by atoms with Crippen molar-refractivity contribution in [2.24, 2.45) is 5.92 Å². The van der Waals surface area contributed by atoms with Gasteiger partial charge in [-0.15, -0.1) is 0 Å². The highest BCUT2D eigenvalue weighted by Gasteiger charge is 2.35. The number of hydrogen-bond acceptors (Lipinski definition) is 2. The van der Waals surface area contributed by atoms with Crippen LogP contribution in [-0.4, -0.2) is 29.9 Å².